The summed E-state index contributed by atoms with van der Waals surface area (Å²) >= 11 is 0. The Morgan fingerprint density at radius 1 is 1.14 bits per heavy atom. The Hall–Kier alpha value is -0.120. The van der Waals surface area contributed by atoms with Crippen molar-refractivity contribution in [3.05, 3.63) is 0 Å². The molecule has 1 saturated heterocycles. The quantitative estimate of drug-likeness (QED) is 0.815. The van der Waals surface area contributed by atoms with Crippen molar-refractivity contribution in [3.8, 4) is 0 Å². The molecule has 3 aliphatic rings. The molecule has 3 heteroatoms. The summed E-state index contributed by atoms with van der Waals surface area (Å²) < 4.78 is 12.5. The van der Waals surface area contributed by atoms with E-state index in [9.17, 15) is 0 Å². The highest BCUT2D eigenvalue weighted by Gasteiger charge is 2.61. The lowest BCUT2D eigenvalue weighted by Crippen LogP contribution is -2.38. The molecule has 1 heterocycles. The minimum absolute atomic E-state index is 0.319. The van der Waals surface area contributed by atoms with Crippen molar-refractivity contribution in [1.82, 2.24) is 5.32 Å². The number of fused-ring (bicyclic) bond motifs is 2. The van der Waals surface area contributed by atoms with Gasteiger partial charge in [0.1, 0.15) is 0 Å². The third-order valence-electron chi connectivity index (χ3n) is 7.01. The van der Waals surface area contributed by atoms with E-state index in [1.807, 2.05) is 0 Å². The summed E-state index contributed by atoms with van der Waals surface area (Å²) in [7, 11) is 0. The molecule has 0 aromatic rings. The molecule has 0 aromatic carbocycles. The van der Waals surface area contributed by atoms with Gasteiger partial charge in [-0.15, -0.1) is 0 Å². The number of rotatable bonds is 6. The highest BCUT2D eigenvalue weighted by molar-refractivity contribution is 5.11. The first-order valence-electron chi connectivity index (χ1n) is 8.95. The second kappa shape index (κ2) is 5.82. The molecule has 0 aromatic heterocycles. The lowest BCUT2D eigenvalue weighted by atomic mass is 9.70. The summed E-state index contributed by atoms with van der Waals surface area (Å²) in [5.41, 5.74) is 0.821. The molecule has 122 valence electrons. The fourth-order valence-corrected chi connectivity index (χ4v) is 4.96. The second-order valence-corrected chi connectivity index (χ2v) is 8.20. The number of likely N-dealkylation sites (N-methyl/N-ethyl adjacent to an activating group) is 1. The van der Waals surface area contributed by atoms with Crippen LogP contribution in [0.2, 0.25) is 0 Å². The molecule has 1 aliphatic heterocycles. The van der Waals surface area contributed by atoms with Gasteiger partial charge in [0.15, 0.2) is 0 Å². The van der Waals surface area contributed by atoms with Crippen LogP contribution in [-0.2, 0) is 9.47 Å². The van der Waals surface area contributed by atoms with Crippen molar-refractivity contribution in [3.63, 3.8) is 0 Å². The average molecular weight is 295 g/mol. The molecule has 1 N–H and O–H groups in total. The van der Waals surface area contributed by atoms with Gasteiger partial charge < -0.3 is 14.8 Å². The van der Waals surface area contributed by atoms with E-state index in [0.717, 1.165) is 32.0 Å². The zero-order valence-corrected chi connectivity index (χ0v) is 14.3. The van der Waals surface area contributed by atoms with Crippen LogP contribution in [0, 0.1) is 16.7 Å². The normalized spacial score (nSPS) is 44.6. The van der Waals surface area contributed by atoms with Gasteiger partial charge in [0.25, 0.3) is 0 Å². The number of hydrogen-bond acceptors (Lipinski definition) is 3. The van der Waals surface area contributed by atoms with Gasteiger partial charge in [0, 0.05) is 6.54 Å². The Bertz CT molecular complexity index is 370. The van der Waals surface area contributed by atoms with E-state index in [1.54, 1.807) is 0 Å². The maximum absolute atomic E-state index is 6.37. The Balaban J connectivity index is 1.47. The Kier molecular flexibility index (Phi) is 4.37. The van der Waals surface area contributed by atoms with Crippen molar-refractivity contribution < 1.29 is 9.47 Å². The van der Waals surface area contributed by atoms with E-state index >= 15 is 0 Å². The molecule has 3 fully saturated rings. The van der Waals surface area contributed by atoms with Crippen LogP contribution >= 0.6 is 0 Å². The smallest absolute Gasteiger partial charge is 0.0814 e. The minimum atomic E-state index is 0.319. The number of ether oxygens (including phenoxy) is 2. The molecule has 0 amide bonds. The van der Waals surface area contributed by atoms with Crippen LogP contribution in [0.4, 0.5) is 0 Å². The fraction of sp³-hybridized carbons (Fsp3) is 1.00. The van der Waals surface area contributed by atoms with E-state index in [-0.39, 0.29) is 0 Å². The summed E-state index contributed by atoms with van der Waals surface area (Å²) in [5, 5.41) is 3.38. The van der Waals surface area contributed by atoms with E-state index in [2.05, 4.69) is 33.0 Å². The molecule has 2 aliphatic carbocycles. The standard InChI is InChI=1S/C18H33NO2/c1-5-19-11-14-6-7-15(21-14)12-20-16-10-13-8-9-18(16,4)17(13,2)3/h13-16,19H,5-12H2,1-4H3. The Labute approximate surface area is 130 Å². The SMILES string of the molecule is CCNCC1CCC(COC2CC3CCC2(C)C3(C)C)O1. The summed E-state index contributed by atoms with van der Waals surface area (Å²) in [6, 6.07) is 0. The molecular weight excluding hydrogens is 262 g/mol. The zero-order chi connectivity index (χ0) is 15.1. The van der Waals surface area contributed by atoms with Crippen molar-refractivity contribution in [2.45, 2.75) is 78.1 Å². The molecule has 3 rings (SSSR count). The third-order valence-corrected chi connectivity index (χ3v) is 7.01. The topological polar surface area (TPSA) is 30.5 Å². The van der Waals surface area contributed by atoms with E-state index in [0.29, 0.717) is 29.1 Å². The van der Waals surface area contributed by atoms with E-state index in [4.69, 9.17) is 9.47 Å². The average Bonchev–Trinajstić information content (AvgIpc) is 3.04. The molecule has 2 bridgehead atoms. The van der Waals surface area contributed by atoms with Crippen molar-refractivity contribution in [2.24, 2.45) is 16.7 Å². The first-order valence-corrected chi connectivity index (χ1v) is 8.95. The molecule has 0 spiro atoms. The highest BCUT2D eigenvalue weighted by atomic mass is 16.5. The molecule has 2 saturated carbocycles. The van der Waals surface area contributed by atoms with Crippen molar-refractivity contribution >= 4 is 0 Å². The Morgan fingerprint density at radius 3 is 2.52 bits per heavy atom. The molecule has 5 atom stereocenters. The van der Waals surface area contributed by atoms with Gasteiger partial charge in [-0.3, -0.25) is 0 Å². The highest BCUT2D eigenvalue weighted by Crippen LogP contribution is 2.66. The van der Waals surface area contributed by atoms with Gasteiger partial charge in [-0.2, -0.15) is 0 Å². The van der Waals surface area contributed by atoms with E-state index in [1.165, 1.54) is 25.7 Å². The summed E-state index contributed by atoms with van der Waals surface area (Å²) in [5.74, 6) is 0.860. The number of hydrogen-bond donors (Lipinski definition) is 1. The predicted octanol–water partition coefficient (Wildman–Crippen LogP) is 3.37. The van der Waals surface area contributed by atoms with Gasteiger partial charge >= 0.3 is 0 Å². The maximum Gasteiger partial charge on any atom is 0.0814 e. The van der Waals surface area contributed by atoms with Gasteiger partial charge in [-0.05, 0) is 55.4 Å². The largest absolute Gasteiger partial charge is 0.375 e. The van der Waals surface area contributed by atoms with Crippen LogP contribution in [0.3, 0.4) is 0 Å². The van der Waals surface area contributed by atoms with Crippen molar-refractivity contribution in [2.75, 3.05) is 19.7 Å². The van der Waals surface area contributed by atoms with E-state index < -0.39 is 0 Å². The van der Waals surface area contributed by atoms with Gasteiger partial charge in [0.2, 0.25) is 0 Å². The Morgan fingerprint density at radius 2 is 1.90 bits per heavy atom. The molecular formula is C18H33NO2. The van der Waals surface area contributed by atoms with Gasteiger partial charge in [0.05, 0.1) is 24.9 Å². The van der Waals surface area contributed by atoms with Crippen LogP contribution < -0.4 is 5.32 Å². The van der Waals surface area contributed by atoms with Gasteiger partial charge in [-0.25, -0.2) is 0 Å². The number of nitrogens with one attached hydrogen (secondary N) is 1. The second-order valence-electron chi connectivity index (χ2n) is 8.20. The predicted molar refractivity (Wildman–Crippen MR) is 85.4 cm³/mol. The van der Waals surface area contributed by atoms with Crippen LogP contribution in [0.15, 0.2) is 0 Å². The monoisotopic (exact) mass is 295 g/mol. The first kappa shape index (κ1) is 15.8. The molecule has 21 heavy (non-hydrogen) atoms. The fourth-order valence-electron chi connectivity index (χ4n) is 4.96. The molecule has 5 unspecified atom stereocenters. The van der Waals surface area contributed by atoms with Crippen LogP contribution in [0.5, 0.6) is 0 Å². The molecule has 3 nitrogen and oxygen atoms in total. The summed E-state index contributed by atoms with van der Waals surface area (Å²) in [6.07, 6.45) is 7.49. The van der Waals surface area contributed by atoms with Crippen molar-refractivity contribution in [1.29, 1.82) is 0 Å². The first-order chi connectivity index (χ1) is 9.97. The summed E-state index contributed by atoms with van der Waals surface area (Å²) in [4.78, 5) is 0. The zero-order valence-electron chi connectivity index (χ0n) is 14.3. The van der Waals surface area contributed by atoms with Gasteiger partial charge in [-0.1, -0.05) is 27.7 Å². The minimum Gasteiger partial charge on any atom is -0.375 e. The van der Waals surface area contributed by atoms with Crippen LogP contribution in [0.1, 0.15) is 59.8 Å². The molecule has 0 radical (unpaired) electrons. The maximum atomic E-state index is 6.37. The van der Waals surface area contributed by atoms with Crippen LogP contribution in [0.25, 0.3) is 0 Å². The lowest BCUT2D eigenvalue weighted by Gasteiger charge is -2.39. The van der Waals surface area contributed by atoms with Crippen LogP contribution in [-0.4, -0.2) is 38.0 Å². The summed E-state index contributed by atoms with van der Waals surface area (Å²) in [6.45, 7) is 12.3. The third kappa shape index (κ3) is 2.66. The lowest BCUT2D eigenvalue weighted by molar-refractivity contribution is -0.0872.